The van der Waals surface area contributed by atoms with Crippen molar-refractivity contribution in [1.82, 2.24) is 9.78 Å². The molecule has 0 saturated carbocycles. The molecule has 3 rings (SSSR count). The quantitative estimate of drug-likeness (QED) is 0.474. The highest BCUT2D eigenvalue weighted by Gasteiger charge is 2.24. The lowest BCUT2D eigenvalue weighted by Crippen LogP contribution is -2.23. The molecule has 0 fully saturated rings. The van der Waals surface area contributed by atoms with E-state index in [0.29, 0.717) is 10.6 Å². The molecule has 136 valence electrons. The monoisotopic (exact) mass is 412 g/mol. The van der Waals surface area contributed by atoms with E-state index in [1.54, 1.807) is 6.07 Å². The summed E-state index contributed by atoms with van der Waals surface area (Å²) in [5.41, 5.74) is 0.477. The number of hydrogen-bond acceptors (Lipinski definition) is 6. The molecule has 0 N–H and O–H groups in total. The predicted molar refractivity (Wildman–Crippen MR) is 102 cm³/mol. The van der Waals surface area contributed by atoms with Crippen LogP contribution in [0, 0.1) is 6.92 Å². The third-order valence-electron chi connectivity index (χ3n) is 3.72. The van der Waals surface area contributed by atoms with Crippen LogP contribution in [0.15, 0.2) is 23.0 Å². The highest BCUT2D eigenvalue weighted by Crippen LogP contribution is 2.44. The fourth-order valence-electron chi connectivity index (χ4n) is 2.63. The Balaban J connectivity index is 2.29. The number of carbonyl (C=O) groups excluding carboxylic acids is 1. The summed E-state index contributed by atoms with van der Waals surface area (Å²) >= 11 is 14.1. The molecule has 9 heteroatoms. The van der Waals surface area contributed by atoms with Gasteiger partial charge in [0.2, 0.25) is 6.79 Å². The zero-order chi connectivity index (χ0) is 19.0. The van der Waals surface area contributed by atoms with Crippen LogP contribution in [0.4, 0.5) is 0 Å². The summed E-state index contributed by atoms with van der Waals surface area (Å²) in [7, 11) is 1.50. The van der Waals surface area contributed by atoms with Gasteiger partial charge in [-0.15, -0.1) is 11.3 Å². The lowest BCUT2D eigenvalue weighted by molar-refractivity contribution is -0.147. The van der Waals surface area contributed by atoms with Crippen LogP contribution in [0.25, 0.3) is 21.2 Å². The van der Waals surface area contributed by atoms with Gasteiger partial charge < -0.3 is 9.47 Å². The third kappa shape index (κ3) is 3.30. The zero-order valence-electron chi connectivity index (χ0n) is 14.1. The molecule has 0 atom stereocenters. The number of aromatic nitrogens is 2. The topological polar surface area (TPSA) is 70.4 Å². The van der Waals surface area contributed by atoms with E-state index in [1.807, 2.05) is 19.1 Å². The molecule has 0 bridgehead atoms. The van der Waals surface area contributed by atoms with Gasteiger partial charge in [-0.25, -0.2) is 4.68 Å². The van der Waals surface area contributed by atoms with Crippen LogP contribution in [-0.2, 0) is 16.6 Å². The molecule has 26 heavy (non-hydrogen) atoms. The summed E-state index contributed by atoms with van der Waals surface area (Å²) in [5.74, 6) is -0.460. The molecule has 0 amide bonds. The molecule has 2 aromatic heterocycles. The normalized spacial score (nSPS) is 11.0. The van der Waals surface area contributed by atoms with Crippen molar-refractivity contribution in [3.05, 3.63) is 43.6 Å². The molecule has 0 spiro atoms. The van der Waals surface area contributed by atoms with Crippen LogP contribution in [0.1, 0.15) is 11.8 Å². The largest absolute Gasteiger partial charge is 0.453 e. The molecule has 0 aliphatic heterocycles. The van der Waals surface area contributed by atoms with Gasteiger partial charge in [0.15, 0.2) is 10.9 Å². The molecule has 0 aliphatic carbocycles. The molecule has 2 heterocycles. The number of benzene rings is 1. The van der Waals surface area contributed by atoms with Gasteiger partial charge in [-0.3, -0.25) is 9.59 Å². The van der Waals surface area contributed by atoms with Gasteiger partial charge >= 0.3 is 5.97 Å². The number of carbonyl (C=O) groups is 1. The van der Waals surface area contributed by atoms with Gasteiger partial charge in [0.25, 0.3) is 5.56 Å². The zero-order valence-corrected chi connectivity index (χ0v) is 16.5. The van der Waals surface area contributed by atoms with Gasteiger partial charge in [-0.1, -0.05) is 29.3 Å². The summed E-state index contributed by atoms with van der Waals surface area (Å²) in [6.45, 7) is 2.76. The van der Waals surface area contributed by atoms with Gasteiger partial charge in [0.1, 0.15) is 0 Å². The second kappa shape index (κ2) is 7.26. The summed E-state index contributed by atoms with van der Waals surface area (Å²) in [4.78, 5) is 24.7. The van der Waals surface area contributed by atoms with Crippen molar-refractivity contribution in [2.45, 2.75) is 13.8 Å². The van der Waals surface area contributed by atoms with E-state index in [0.717, 1.165) is 19.6 Å². The summed E-state index contributed by atoms with van der Waals surface area (Å²) in [6.07, 6.45) is 0. The second-order valence-electron chi connectivity index (χ2n) is 5.47. The van der Waals surface area contributed by atoms with E-state index in [2.05, 4.69) is 5.10 Å². The number of hydrogen-bond donors (Lipinski definition) is 0. The Morgan fingerprint density at radius 3 is 2.73 bits per heavy atom. The molecule has 6 nitrogen and oxygen atoms in total. The van der Waals surface area contributed by atoms with Crippen LogP contribution in [0.5, 0.6) is 5.75 Å². The van der Waals surface area contributed by atoms with E-state index >= 15 is 0 Å². The van der Waals surface area contributed by atoms with Gasteiger partial charge in [0.05, 0.1) is 5.56 Å². The highest BCUT2D eigenvalue weighted by molar-refractivity contribution is 7.19. The van der Waals surface area contributed by atoms with Gasteiger partial charge in [0, 0.05) is 39.5 Å². The Morgan fingerprint density at radius 2 is 2.04 bits per heavy atom. The minimum absolute atomic E-state index is 0.0138. The maximum absolute atomic E-state index is 12.9. The fourth-order valence-corrected chi connectivity index (χ4v) is 4.32. The molecule has 3 aromatic rings. The van der Waals surface area contributed by atoms with Crippen LogP contribution in [0.2, 0.25) is 10.2 Å². The Hall–Kier alpha value is -2.09. The summed E-state index contributed by atoms with van der Waals surface area (Å²) in [5, 5.41) is 5.19. The first kappa shape index (κ1) is 18.7. The number of esters is 1. The van der Waals surface area contributed by atoms with E-state index in [4.69, 9.17) is 32.7 Å². The number of rotatable bonds is 4. The Morgan fingerprint density at radius 1 is 1.31 bits per heavy atom. The number of ether oxygens (including phenoxy) is 2. The first-order chi connectivity index (χ1) is 12.3. The van der Waals surface area contributed by atoms with Crippen LogP contribution < -0.4 is 10.3 Å². The van der Waals surface area contributed by atoms with Crippen molar-refractivity contribution >= 4 is 50.6 Å². The molecule has 1 aromatic carbocycles. The number of nitrogens with zero attached hydrogens (tertiary/aromatic N) is 2. The second-order valence-corrected chi connectivity index (χ2v) is 7.49. The number of aryl methyl sites for hydroxylation is 2. The van der Waals surface area contributed by atoms with Crippen molar-refractivity contribution in [2.24, 2.45) is 7.05 Å². The Kier molecular flexibility index (Phi) is 5.22. The van der Waals surface area contributed by atoms with Gasteiger partial charge in [-0.05, 0) is 19.1 Å². The van der Waals surface area contributed by atoms with E-state index in [9.17, 15) is 9.59 Å². The highest BCUT2D eigenvalue weighted by atomic mass is 35.5. The van der Waals surface area contributed by atoms with Crippen molar-refractivity contribution in [3.8, 4) is 16.9 Å². The first-order valence-corrected chi connectivity index (χ1v) is 9.09. The van der Waals surface area contributed by atoms with Gasteiger partial charge in [-0.2, -0.15) is 5.10 Å². The van der Waals surface area contributed by atoms with E-state index < -0.39 is 11.5 Å². The van der Waals surface area contributed by atoms with Crippen LogP contribution in [-0.4, -0.2) is 22.5 Å². The first-order valence-electron chi connectivity index (χ1n) is 7.52. The lowest BCUT2D eigenvalue weighted by atomic mass is 10.0. The average molecular weight is 413 g/mol. The number of fused-ring (bicyclic) bond motifs is 1. The minimum Gasteiger partial charge on any atom is -0.453 e. The third-order valence-corrected chi connectivity index (χ3v) is 5.35. The maximum Gasteiger partial charge on any atom is 0.305 e. The van der Waals surface area contributed by atoms with Crippen molar-refractivity contribution < 1.29 is 14.3 Å². The number of thiophene rings is 1. The van der Waals surface area contributed by atoms with Crippen LogP contribution in [0.3, 0.4) is 0 Å². The predicted octanol–water partition coefficient (Wildman–Crippen LogP) is 4.18. The average Bonchev–Trinajstić information content (AvgIpc) is 2.89. The Labute approximate surface area is 162 Å². The minimum atomic E-state index is -0.514. The molecule has 0 unspecified atom stereocenters. The fraction of sp³-hybridized carbons (Fsp3) is 0.235. The maximum atomic E-state index is 12.9. The molecular formula is C17H14Cl2N2O4S. The standard InChI is InChI=1S/C17H14Cl2N2O4S/c1-8-12(13-10(18)5-4-6-11(13)26-8)14-15(25-7-24-9(2)22)16(19)20-21(3)17(14)23/h4-6H,7H2,1-3H3. The molecule has 0 aliphatic rings. The van der Waals surface area contributed by atoms with Crippen molar-refractivity contribution in [3.63, 3.8) is 0 Å². The molecule has 0 radical (unpaired) electrons. The lowest BCUT2D eigenvalue weighted by Gasteiger charge is -2.14. The Bertz CT molecular complexity index is 1070. The molecule has 0 saturated heterocycles. The van der Waals surface area contributed by atoms with E-state index in [1.165, 1.54) is 25.3 Å². The van der Waals surface area contributed by atoms with E-state index in [-0.39, 0.29) is 23.3 Å². The van der Waals surface area contributed by atoms with Crippen molar-refractivity contribution in [2.75, 3.05) is 6.79 Å². The number of halogens is 2. The smallest absolute Gasteiger partial charge is 0.305 e. The summed E-state index contributed by atoms with van der Waals surface area (Å²) in [6, 6.07) is 5.53. The summed E-state index contributed by atoms with van der Waals surface area (Å²) < 4.78 is 12.4. The van der Waals surface area contributed by atoms with Crippen molar-refractivity contribution in [1.29, 1.82) is 0 Å². The molecular weight excluding hydrogens is 399 g/mol. The van der Waals surface area contributed by atoms with Crippen LogP contribution >= 0.6 is 34.5 Å². The SMILES string of the molecule is CC(=O)OCOc1c(Cl)nn(C)c(=O)c1-c1c(C)sc2cccc(Cl)c12.